The molecule has 0 bridgehead atoms. The summed E-state index contributed by atoms with van der Waals surface area (Å²) in [6.07, 6.45) is 4.99. The van der Waals surface area contributed by atoms with Crippen molar-refractivity contribution in [3.05, 3.63) is 83.8 Å². The van der Waals surface area contributed by atoms with E-state index in [1.807, 2.05) is 66.4 Å². The molecule has 30 heavy (non-hydrogen) atoms. The van der Waals surface area contributed by atoms with Crippen molar-refractivity contribution in [2.75, 3.05) is 6.54 Å². The Morgan fingerprint density at radius 1 is 1.07 bits per heavy atom. The number of nitrogens with zero attached hydrogens (tertiary/aromatic N) is 5. The number of hydrogen-bond donors (Lipinski definition) is 0. The van der Waals surface area contributed by atoms with Crippen molar-refractivity contribution in [3.8, 4) is 17.0 Å². The Balaban J connectivity index is 1.47. The lowest BCUT2D eigenvalue weighted by molar-refractivity contribution is 0.0730. The summed E-state index contributed by atoms with van der Waals surface area (Å²) in [5.74, 6) is 0.666. The van der Waals surface area contributed by atoms with E-state index >= 15 is 0 Å². The predicted octanol–water partition coefficient (Wildman–Crippen LogP) is 4.21. The summed E-state index contributed by atoms with van der Waals surface area (Å²) in [4.78, 5) is 16.9. The molecular formula is C23H21N5O2. The standard InChI is InChI=1S/C23H21N5O2/c1-16-9-10-20(28-24-11-12-25-28)18(14-16)23(29)27-13-5-8-21(27)19-15-22(30-26-19)17-6-3-2-4-7-17/h2-4,6-7,9-12,14-15,21H,5,8,13H2,1H3. The summed E-state index contributed by atoms with van der Waals surface area (Å²) in [5, 5.41) is 12.7. The number of carbonyl (C=O) groups is 1. The Bertz CT molecular complexity index is 1170. The first-order valence-electron chi connectivity index (χ1n) is 10.0. The molecule has 2 aromatic heterocycles. The molecule has 1 aliphatic rings. The van der Waals surface area contributed by atoms with Crippen LogP contribution in [0, 0.1) is 6.92 Å². The highest BCUT2D eigenvalue weighted by Gasteiger charge is 2.34. The van der Waals surface area contributed by atoms with E-state index in [1.54, 1.807) is 12.4 Å². The average molecular weight is 399 g/mol. The van der Waals surface area contributed by atoms with E-state index in [0.29, 0.717) is 23.6 Å². The van der Waals surface area contributed by atoms with Crippen LogP contribution < -0.4 is 0 Å². The van der Waals surface area contributed by atoms with Crippen LogP contribution >= 0.6 is 0 Å². The van der Waals surface area contributed by atoms with Crippen LogP contribution in [0.25, 0.3) is 17.0 Å². The number of aryl methyl sites for hydroxylation is 1. The summed E-state index contributed by atoms with van der Waals surface area (Å²) < 4.78 is 5.59. The fraction of sp³-hybridized carbons (Fsp3) is 0.217. The molecule has 0 aliphatic carbocycles. The minimum Gasteiger partial charge on any atom is -0.356 e. The minimum atomic E-state index is -0.113. The van der Waals surface area contributed by atoms with Crippen molar-refractivity contribution in [1.29, 1.82) is 0 Å². The van der Waals surface area contributed by atoms with Gasteiger partial charge in [-0.1, -0.05) is 47.1 Å². The maximum atomic E-state index is 13.6. The summed E-state index contributed by atoms with van der Waals surface area (Å²) in [6.45, 7) is 2.65. The zero-order chi connectivity index (χ0) is 20.5. The van der Waals surface area contributed by atoms with Crippen LogP contribution in [0.5, 0.6) is 0 Å². The molecule has 2 aromatic carbocycles. The molecule has 1 atom stereocenters. The quantitative estimate of drug-likeness (QED) is 0.514. The molecule has 5 rings (SSSR count). The van der Waals surface area contributed by atoms with Gasteiger partial charge in [0.1, 0.15) is 5.69 Å². The van der Waals surface area contributed by atoms with Crippen LogP contribution in [0.4, 0.5) is 0 Å². The van der Waals surface area contributed by atoms with E-state index < -0.39 is 0 Å². The van der Waals surface area contributed by atoms with Crippen LogP contribution in [0.2, 0.25) is 0 Å². The third-order valence-corrected chi connectivity index (χ3v) is 5.46. The number of likely N-dealkylation sites (tertiary alicyclic amines) is 1. The highest BCUT2D eigenvalue weighted by molar-refractivity contribution is 5.98. The van der Waals surface area contributed by atoms with E-state index in [2.05, 4.69) is 15.4 Å². The first kappa shape index (κ1) is 18.3. The summed E-state index contributed by atoms with van der Waals surface area (Å²) in [6, 6.07) is 17.4. The van der Waals surface area contributed by atoms with E-state index in [0.717, 1.165) is 29.7 Å². The molecule has 0 spiro atoms. The lowest BCUT2D eigenvalue weighted by Gasteiger charge is -2.24. The van der Waals surface area contributed by atoms with Crippen LogP contribution in [0.15, 0.2) is 71.5 Å². The van der Waals surface area contributed by atoms with E-state index in [-0.39, 0.29) is 11.9 Å². The van der Waals surface area contributed by atoms with Crippen LogP contribution in [0.3, 0.4) is 0 Å². The lowest BCUT2D eigenvalue weighted by Crippen LogP contribution is -2.31. The van der Waals surface area contributed by atoms with Gasteiger partial charge in [-0.15, -0.1) is 0 Å². The number of rotatable bonds is 4. The van der Waals surface area contributed by atoms with Gasteiger partial charge in [-0.05, 0) is 31.9 Å². The molecule has 150 valence electrons. The summed E-state index contributed by atoms with van der Waals surface area (Å²) >= 11 is 0. The number of amides is 1. The van der Waals surface area contributed by atoms with Gasteiger partial charge in [0, 0.05) is 18.2 Å². The zero-order valence-electron chi connectivity index (χ0n) is 16.6. The molecular weight excluding hydrogens is 378 g/mol. The second kappa shape index (κ2) is 7.59. The van der Waals surface area contributed by atoms with Gasteiger partial charge in [0.2, 0.25) is 0 Å². The van der Waals surface area contributed by atoms with Gasteiger partial charge in [-0.3, -0.25) is 4.79 Å². The maximum absolute atomic E-state index is 13.6. The Labute approximate surface area is 173 Å². The molecule has 0 saturated carbocycles. The molecule has 4 aromatic rings. The van der Waals surface area contributed by atoms with Gasteiger partial charge < -0.3 is 9.42 Å². The third kappa shape index (κ3) is 3.28. The minimum absolute atomic E-state index is 0.0437. The summed E-state index contributed by atoms with van der Waals surface area (Å²) in [5.41, 5.74) is 4.03. The molecule has 3 heterocycles. The second-order valence-electron chi connectivity index (χ2n) is 7.48. The predicted molar refractivity (Wildman–Crippen MR) is 111 cm³/mol. The first-order valence-corrected chi connectivity index (χ1v) is 10.0. The fourth-order valence-corrected chi connectivity index (χ4v) is 3.99. The van der Waals surface area contributed by atoms with Gasteiger partial charge in [0.25, 0.3) is 5.91 Å². The molecule has 0 N–H and O–H groups in total. The molecule has 7 heteroatoms. The van der Waals surface area contributed by atoms with Gasteiger partial charge in [-0.2, -0.15) is 15.0 Å². The number of aromatic nitrogens is 4. The van der Waals surface area contributed by atoms with E-state index in [4.69, 9.17) is 4.52 Å². The monoisotopic (exact) mass is 399 g/mol. The molecule has 1 fully saturated rings. The smallest absolute Gasteiger partial charge is 0.256 e. The molecule has 0 radical (unpaired) electrons. The lowest BCUT2D eigenvalue weighted by atomic mass is 10.1. The molecule has 1 saturated heterocycles. The number of benzene rings is 2. The molecule has 1 aliphatic heterocycles. The fourth-order valence-electron chi connectivity index (χ4n) is 3.99. The largest absolute Gasteiger partial charge is 0.356 e. The van der Waals surface area contributed by atoms with E-state index in [9.17, 15) is 4.79 Å². The second-order valence-corrected chi connectivity index (χ2v) is 7.48. The van der Waals surface area contributed by atoms with Crippen molar-refractivity contribution in [2.45, 2.75) is 25.8 Å². The van der Waals surface area contributed by atoms with Crippen molar-refractivity contribution >= 4 is 5.91 Å². The van der Waals surface area contributed by atoms with Crippen LogP contribution in [-0.2, 0) is 0 Å². The topological polar surface area (TPSA) is 77.0 Å². The number of carbonyl (C=O) groups excluding carboxylic acids is 1. The van der Waals surface area contributed by atoms with Gasteiger partial charge >= 0.3 is 0 Å². The highest BCUT2D eigenvalue weighted by Crippen LogP contribution is 2.35. The Kier molecular flexibility index (Phi) is 4.63. The Hall–Kier alpha value is -3.74. The molecule has 7 nitrogen and oxygen atoms in total. The Morgan fingerprint density at radius 3 is 2.67 bits per heavy atom. The van der Waals surface area contributed by atoms with Crippen molar-refractivity contribution < 1.29 is 9.32 Å². The zero-order valence-corrected chi connectivity index (χ0v) is 16.6. The first-order chi connectivity index (χ1) is 14.7. The Morgan fingerprint density at radius 2 is 1.87 bits per heavy atom. The average Bonchev–Trinajstić information content (AvgIpc) is 3.55. The number of hydrogen-bond acceptors (Lipinski definition) is 5. The third-order valence-electron chi connectivity index (χ3n) is 5.46. The van der Waals surface area contributed by atoms with Gasteiger partial charge in [0.15, 0.2) is 5.76 Å². The normalized spacial score (nSPS) is 16.2. The van der Waals surface area contributed by atoms with Crippen molar-refractivity contribution in [2.24, 2.45) is 0 Å². The molecule has 1 unspecified atom stereocenters. The van der Waals surface area contributed by atoms with Crippen molar-refractivity contribution in [3.63, 3.8) is 0 Å². The van der Waals surface area contributed by atoms with E-state index in [1.165, 1.54) is 4.80 Å². The van der Waals surface area contributed by atoms with Gasteiger partial charge in [0.05, 0.1) is 29.7 Å². The highest BCUT2D eigenvalue weighted by atomic mass is 16.5. The van der Waals surface area contributed by atoms with Crippen LogP contribution in [0.1, 0.15) is 40.5 Å². The van der Waals surface area contributed by atoms with Crippen LogP contribution in [-0.4, -0.2) is 37.5 Å². The van der Waals surface area contributed by atoms with Crippen molar-refractivity contribution in [1.82, 2.24) is 25.1 Å². The SMILES string of the molecule is Cc1ccc(-n2nccn2)c(C(=O)N2CCCC2c2cc(-c3ccccc3)on2)c1. The molecule has 1 amide bonds. The summed E-state index contributed by atoms with van der Waals surface area (Å²) in [7, 11) is 0. The van der Waals surface area contributed by atoms with Gasteiger partial charge in [-0.25, -0.2) is 0 Å². The maximum Gasteiger partial charge on any atom is 0.256 e.